The highest BCUT2D eigenvalue weighted by atomic mass is 35.5. The molecule has 0 amide bonds. The monoisotopic (exact) mass is 268 g/mol. The normalized spacial score (nSPS) is 26.1. The summed E-state index contributed by atoms with van der Waals surface area (Å²) in [5.41, 5.74) is 2.51. The van der Waals surface area contributed by atoms with Gasteiger partial charge < -0.3 is 0 Å². The molecule has 1 fully saturated rings. The van der Waals surface area contributed by atoms with Crippen LogP contribution < -0.4 is 0 Å². The van der Waals surface area contributed by atoms with E-state index in [1.165, 1.54) is 25.7 Å². The van der Waals surface area contributed by atoms with Gasteiger partial charge in [0.2, 0.25) is 0 Å². The van der Waals surface area contributed by atoms with Gasteiger partial charge in [0.25, 0.3) is 0 Å². The van der Waals surface area contributed by atoms with Crippen molar-refractivity contribution in [3.05, 3.63) is 34.6 Å². The number of alkyl halides is 1. The lowest BCUT2D eigenvalue weighted by atomic mass is 9.79. The van der Waals surface area contributed by atoms with E-state index in [2.05, 4.69) is 6.92 Å². The minimum Gasteiger partial charge on any atom is -0.206 e. The van der Waals surface area contributed by atoms with E-state index in [1.807, 2.05) is 26.0 Å². The van der Waals surface area contributed by atoms with Crippen molar-refractivity contribution in [2.75, 3.05) is 0 Å². The predicted molar refractivity (Wildman–Crippen MR) is 75.6 cm³/mol. The first-order chi connectivity index (χ1) is 8.49. The fourth-order valence-electron chi connectivity index (χ4n) is 2.99. The van der Waals surface area contributed by atoms with E-state index in [0.29, 0.717) is 17.0 Å². The number of rotatable bonds is 2. The number of halogens is 2. The molecule has 2 heteroatoms. The van der Waals surface area contributed by atoms with Gasteiger partial charge in [-0.15, -0.1) is 11.6 Å². The van der Waals surface area contributed by atoms with Gasteiger partial charge in [0.05, 0.1) is 5.38 Å². The summed E-state index contributed by atoms with van der Waals surface area (Å²) in [7, 11) is 0. The molecule has 1 atom stereocenters. The van der Waals surface area contributed by atoms with E-state index in [9.17, 15) is 4.39 Å². The van der Waals surface area contributed by atoms with Crippen molar-refractivity contribution in [1.82, 2.24) is 0 Å². The smallest absolute Gasteiger partial charge is 0.129 e. The van der Waals surface area contributed by atoms with Gasteiger partial charge in [0, 0.05) is 0 Å². The van der Waals surface area contributed by atoms with Crippen LogP contribution in [0.15, 0.2) is 12.1 Å². The van der Waals surface area contributed by atoms with Gasteiger partial charge in [-0.1, -0.05) is 31.9 Å². The van der Waals surface area contributed by atoms with Crippen molar-refractivity contribution in [3.63, 3.8) is 0 Å². The largest absolute Gasteiger partial charge is 0.206 e. The Balaban J connectivity index is 2.16. The number of benzene rings is 1. The molecule has 0 nitrogen and oxygen atoms in total. The lowest BCUT2D eigenvalue weighted by molar-refractivity contribution is 0.283. The minimum absolute atomic E-state index is 0.0375. The van der Waals surface area contributed by atoms with E-state index in [1.54, 1.807) is 0 Å². The summed E-state index contributed by atoms with van der Waals surface area (Å²) < 4.78 is 13.6. The molecule has 1 aromatic rings. The Hall–Kier alpha value is -0.560. The highest BCUT2D eigenvalue weighted by Gasteiger charge is 2.26. The molecule has 2 rings (SSSR count). The van der Waals surface area contributed by atoms with Crippen molar-refractivity contribution in [1.29, 1.82) is 0 Å². The number of hydrogen-bond donors (Lipinski definition) is 0. The van der Waals surface area contributed by atoms with Gasteiger partial charge in [-0.25, -0.2) is 4.39 Å². The van der Waals surface area contributed by atoms with Gasteiger partial charge in [-0.3, -0.25) is 0 Å². The molecule has 0 N–H and O–H groups in total. The van der Waals surface area contributed by atoms with Crippen molar-refractivity contribution in [2.45, 2.75) is 51.8 Å². The first-order valence-corrected chi connectivity index (χ1v) is 7.33. The third kappa shape index (κ3) is 2.88. The standard InChI is InChI=1S/C16H22ClF/c1-10-4-6-13(7-5-10)15(17)14-8-11(2)16(18)12(3)9-14/h8-10,13,15H,4-7H2,1-3H3. The van der Waals surface area contributed by atoms with Crippen LogP contribution in [0.5, 0.6) is 0 Å². The summed E-state index contributed by atoms with van der Waals surface area (Å²) in [6, 6.07) is 3.83. The second-order valence-electron chi connectivity index (χ2n) is 5.89. The zero-order chi connectivity index (χ0) is 13.3. The molecule has 0 heterocycles. The summed E-state index contributed by atoms with van der Waals surface area (Å²) in [6.45, 7) is 5.95. The quantitative estimate of drug-likeness (QED) is 0.617. The van der Waals surface area contributed by atoms with Gasteiger partial charge in [0.1, 0.15) is 5.82 Å². The van der Waals surface area contributed by atoms with Crippen LogP contribution in [0, 0.1) is 31.5 Å². The molecule has 0 saturated heterocycles. The Morgan fingerprint density at radius 2 is 1.61 bits per heavy atom. The lowest BCUT2D eigenvalue weighted by Crippen LogP contribution is -2.16. The second kappa shape index (κ2) is 5.61. The molecule has 18 heavy (non-hydrogen) atoms. The molecule has 1 aliphatic carbocycles. The summed E-state index contributed by atoms with van der Waals surface area (Å²) in [6.07, 6.45) is 4.94. The van der Waals surface area contributed by atoms with Crippen molar-refractivity contribution >= 4 is 11.6 Å². The Kier molecular flexibility index (Phi) is 4.32. The van der Waals surface area contributed by atoms with E-state index in [-0.39, 0.29) is 11.2 Å². The second-order valence-corrected chi connectivity index (χ2v) is 6.36. The Morgan fingerprint density at radius 3 is 2.11 bits per heavy atom. The zero-order valence-electron chi connectivity index (χ0n) is 11.5. The van der Waals surface area contributed by atoms with Crippen LogP contribution in [0.1, 0.15) is 54.7 Å². The maximum atomic E-state index is 13.6. The van der Waals surface area contributed by atoms with Crippen LogP contribution in [0.25, 0.3) is 0 Å². The summed E-state index contributed by atoms with van der Waals surface area (Å²) in [5.74, 6) is 1.29. The first kappa shape index (κ1) is 13.9. The van der Waals surface area contributed by atoms with Crippen molar-refractivity contribution in [3.8, 4) is 0 Å². The van der Waals surface area contributed by atoms with Gasteiger partial charge in [-0.2, -0.15) is 0 Å². The van der Waals surface area contributed by atoms with Crippen LogP contribution in [0.3, 0.4) is 0 Å². The summed E-state index contributed by atoms with van der Waals surface area (Å²) in [4.78, 5) is 0. The van der Waals surface area contributed by atoms with Crippen molar-refractivity contribution < 1.29 is 4.39 Å². The number of hydrogen-bond acceptors (Lipinski definition) is 0. The topological polar surface area (TPSA) is 0 Å². The highest BCUT2D eigenvalue weighted by molar-refractivity contribution is 6.21. The average molecular weight is 269 g/mol. The Labute approximate surface area is 115 Å². The SMILES string of the molecule is Cc1cc(C(Cl)C2CCC(C)CC2)cc(C)c1F. The molecule has 100 valence electrons. The zero-order valence-corrected chi connectivity index (χ0v) is 12.2. The molecule has 0 aromatic heterocycles. The molecule has 0 bridgehead atoms. The molecular weight excluding hydrogens is 247 g/mol. The summed E-state index contributed by atoms with van der Waals surface area (Å²) in [5, 5.41) is 0.0375. The number of aryl methyl sites for hydroxylation is 2. The molecular formula is C16H22ClF. The van der Waals surface area contributed by atoms with Gasteiger partial charge in [0.15, 0.2) is 0 Å². The van der Waals surface area contributed by atoms with Gasteiger partial charge >= 0.3 is 0 Å². The van der Waals surface area contributed by atoms with Crippen LogP contribution in [-0.4, -0.2) is 0 Å². The van der Waals surface area contributed by atoms with Gasteiger partial charge in [-0.05, 0) is 55.2 Å². The summed E-state index contributed by atoms with van der Waals surface area (Å²) >= 11 is 6.61. The molecule has 1 unspecified atom stereocenters. The third-order valence-corrected chi connectivity index (χ3v) is 4.86. The van der Waals surface area contributed by atoms with E-state index in [4.69, 9.17) is 11.6 Å². The first-order valence-electron chi connectivity index (χ1n) is 6.89. The maximum Gasteiger partial charge on any atom is 0.129 e. The molecule has 0 spiro atoms. The van der Waals surface area contributed by atoms with E-state index in [0.717, 1.165) is 11.5 Å². The fourth-order valence-corrected chi connectivity index (χ4v) is 3.37. The highest BCUT2D eigenvalue weighted by Crippen LogP contribution is 2.41. The van der Waals surface area contributed by atoms with Crippen molar-refractivity contribution in [2.24, 2.45) is 11.8 Å². The molecule has 0 radical (unpaired) electrons. The Bertz CT molecular complexity index is 396. The third-order valence-electron chi connectivity index (χ3n) is 4.25. The van der Waals surface area contributed by atoms with Crippen LogP contribution in [0.4, 0.5) is 4.39 Å². The van der Waals surface area contributed by atoms with Crippen LogP contribution in [0.2, 0.25) is 0 Å². The Morgan fingerprint density at radius 1 is 1.11 bits per heavy atom. The van der Waals surface area contributed by atoms with Crippen LogP contribution >= 0.6 is 11.6 Å². The molecule has 1 saturated carbocycles. The maximum absolute atomic E-state index is 13.6. The molecule has 1 aromatic carbocycles. The van der Waals surface area contributed by atoms with E-state index < -0.39 is 0 Å². The fraction of sp³-hybridized carbons (Fsp3) is 0.625. The molecule has 0 aliphatic heterocycles. The van der Waals surface area contributed by atoms with Crippen LogP contribution in [-0.2, 0) is 0 Å². The molecule has 1 aliphatic rings. The minimum atomic E-state index is -0.0973. The lowest BCUT2D eigenvalue weighted by Gasteiger charge is -2.30. The predicted octanol–water partition coefficient (Wildman–Crippen LogP) is 5.55. The van der Waals surface area contributed by atoms with E-state index >= 15 is 0 Å². The average Bonchev–Trinajstić information content (AvgIpc) is 2.35.